The minimum Gasteiger partial charge on any atom is -0.344 e. The van der Waals surface area contributed by atoms with Gasteiger partial charge in [0.2, 0.25) is 0 Å². The zero-order valence-corrected chi connectivity index (χ0v) is 11.3. The fourth-order valence-corrected chi connectivity index (χ4v) is 4.13. The Morgan fingerprint density at radius 3 is 2.37 bits per heavy atom. The fraction of sp³-hybridized carbons (Fsp3) is 0.429. The quantitative estimate of drug-likeness (QED) is 0.777. The van der Waals surface area contributed by atoms with E-state index in [-0.39, 0.29) is 0 Å². The Morgan fingerprint density at radius 1 is 1.11 bits per heavy atom. The molecule has 1 aliphatic carbocycles. The van der Waals surface area contributed by atoms with Gasteiger partial charge in [0, 0.05) is 6.42 Å². The average molecular weight is 280 g/mol. The highest BCUT2D eigenvalue weighted by Crippen LogP contribution is 2.34. The highest BCUT2D eigenvalue weighted by atomic mass is 32.2. The molecule has 1 fully saturated rings. The van der Waals surface area contributed by atoms with Crippen LogP contribution in [0.15, 0.2) is 47.4 Å². The van der Waals surface area contributed by atoms with Crippen LogP contribution in [-0.2, 0) is 19.3 Å². The van der Waals surface area contributed by atoms with Crippen molar-refractivity contribution >= 4 is 9.84 Å². The molecule has 0 N–H and O–H groups in total. The smallest absolute Gasteiger partial charge is 0.188 e. The van der Waals surface area contributed by atoms with Gasteiger partial charge in [-0.3, -0.25) is 0 Å². The van der Waals surface area contributed by atoms with Crippen molar-refractivity contribution in [2.75, 3.05) is 13.2 Å². The first kappa shape index (κ1) is 12.8. The highest BCUT2D eigenvalue weighted by molar-refractivity contribution is 7.92. The zero-order chi connectivity index (χ0) is 13.3. The average Bonchev–Trinajstić information content (AvgIpc) is 2.89. The lowest BCUT2D eigenvalue weighted by Crippen LogP contribution is -2.35. The molecule has 1 aromatic carbocycles. The largest absolute Gasteiger partial charge is 0.344 e. The molecule has 4 nitrogen and oxygen atoms in total. The predicted molar refractivity (Wildman–Crippen MR) is 70.4 cm³/mol. The van der Waals surface area contributed by atoms with E-state index in [2.05, 4.69) is 0 Å². The summed E-state index contributed by atoms with van der Waals surface area (Å²) in [6.45, 7) is 1.14. The highest BCUT2D eigenvalue weighted by Gasteiger charge is 2.39. The molecule has 19 heavy (non-hydrogen) atoms. The Balaban J connectivity index is 1.85. The van der Waals surface area contributed by atoms with Gasteiger partial charge in [0.25, 0.3) is 0 Å². The summed E-state index contributed by atoms with van der Waals surface area (Å²) < 4.78 is 36.0. The van der Waals surface area contributed by atoms with Crippen LogP contribution in [0, 0.1) is 0 Å². The fourth-order valence-electron chi connectivity index (χ4n) is 2.53. The first-order valence-corrected chi connectivity index (χ1v) is 7.93. The molecule has 1 aliphatic heterocycles. The first-order valence-electron chi connectivity index (χ1n) is 6.39. The van der Waals surface area contributed by atoms with Crippen LogP contribution in [0.4, 0.5) is 0 Å². The van der Waals surface area contributed by atoms with Crippen molar-refractivity contribution in [1.29, 1.82) is 0 Å². The molecule has 0 amide bonds. The van der Waals surface area contributed by atoms with Crippen molar-refractivity contribution in [1.82, 2.24) is 0 Å². The maximum absolute atomic E-state index is 12.5. The summed E-state index contributed by atoms with van der Waals surface area (Å²) >= 11 is 0. The third-order valence-corrected chi connectivity index (χ3v) is 5.71. The Hall–Kier alpha value is -1.17. The summed E-state index contributed by atoms with van der Waals surface area (Å²) in [5.74, 6) is -0.678. The van der Waals surface area contributed by atoms with Gasteiger partial charge in [0.1, 0.15) is 0 Å². The summed E-state index contributed by atoms with van der Waals surface area (Å²) in [4.78, 5) is 0.369. The molecule has 1 spiro atoms. The van der Waals surface area contributed by atoms with Gasteiger partial charge in [0.15, 0.2) is 15.6 Å². The standard InChI is InChI=1S/C14H16O4S/c15-19(16,12-4-2-1-3-5-12)13-6-8-14(9-7-13)17-10-11-18-14/h1-6,8,13H,7,9-11H2/t13-/m1/s1. The third-order valence-electron chi connectivity index (χ3n) is 3.59. The summed E-state index contributed by atoms with van der Waals surface area (Å²) in [6.07, 6.45) is 4.57. The van der Waals surface area contributed by atoms with Crippen LogP contribution in [0.1, 0.15) is 12.8 Å². The number of hydrogen-bond acceptors (Lipinski definition) is 4. The normalized spacial score (nSPS) is 25.8. The topological polar surface area (TPSA) is 52.6 Å². The second-order valence-corrected chi connectivity index (χ2v) is 6.97. The molecule has 3 rings (SSSR count). The van der Waals surface area contributed by atoms with Crippen molar-refractivity contribution in [2.45, 2.75) is 28.8 Å². The molecule has 0 bridgehead atoms. The Bertz CT molecular complexity index is 571. The summed E-state index contributed by atoms with van der Waals surface area (Å²) in [5.41, 5.74) is 0. The molecule has 5 heteroatoms. The van der Waals surface area contributed by atoms with Crippen molar-refractivity contribution in [3.8, 4) is 0 Å². The van der Waals surface area contributed by atoms with Gasteiger partial charge in [-0.05, 0) is 24.6 Å². The van der Waals surface area contributed by atoms with Gasteiger partial charge in [-0.25, -0.2) is 8.42 Å². The maximum Gasteiger partial charge on any atom is 0.188 e. The van der Waals surface area contributed by atoms with Gasteiger partial charge in [-0.1, -0.05) is 24.3 Å². The van der Waals surface area contributed by atoms with E-state index in [9.17, 15) is 8.42 Å². The maximum atomic E-state index is 12.5. The first-order chi connectivity index (χ1) is 9.12. The molecule has 0 unspecified atom stereocenters. The summed E-state index contributed by atoms with van der Waals surface area (Å²) in [7, 11) is -3.31. The predicted octanol–water partition coefficient (Wildman–Crippen LogP) is 1.92. The molecule has 1 saturated heterocycles. The Labute approximate surface area is 113 Å². The Morgan fingerprint density at radius 2 is 1.79 bits per heavy atom. The van der Waals surface area contributed by atoms with Crippen molar-refractivity contribution in [3.05, 3.63) is 42.5 Å². The second-order valence-electron chi connectivity index (χ2n) is 4.80. The van der Waals surface area contributed by atoms with Crippen LogP contribution in [0.5, 0.6) is 0 Å². The van der Waals surface area contributed by atoms with Crippen LogP contribution in [0.3, 0.4) is 0 Å². The number of benzene rings is 1. The van der Waals surface area contributed by atoms with Crippen LogP contribution < -0.4 is 0 Å². The second kappa shape index (κ2) is 4.74. The van der Waals surface area contributed by atoms with E-state index in [1.807, 2.05) is 6.07 Å². The van der Waals surface area contributed by atoms with E-state index in [1.165, 1.54) is 0 Å². The van der Waals surface area contributed by atoms with Gasteiger partial charge >= 0.3 is 0 Å². The van der Waals surface area contributed by atoms with E-state index in [1.54, 1.807) is 36.4 Å². The molecule has 0 radical (unpaired) electrons. The Kier molecular flexibility index (Phi) is 3.20. The van der Waals surface area contributed by atoms with E-state index >= 15 is 0 Å². The molecule has 0 saturated carbocycles. The van der Waals surface area contributed by atoms with Crippen LogP contribution in [-0.4, -0.2) is 32.7 Å². The van der Waals surface area contributed by atoms with Crippen LogP contribution in [0.2, 0.25) is 0 Å². The summed E-state index contributed by atoms with van der Waals surface area (Å²) in [5, 5.41) is -0.492. The SMILES string of the molecule is O=S(=O)(c1ccccc1)[C@@H]1C=CC2(CC1)OCCO2. The summed E-state index contributed by atoms with van der Waals surface area (Å²) in [6, 6.07) is 8.56. The van der Waals surface area contributed by atoms with Crippen molar-refractivity contribution in [2.24, 2.45) is 0 Å². The molecule has 1 atom stereocenters. The lowest BCUT2D eigenvalue weighted by Gasteiger charge is -2.29. The molecule has 0 aromatic heterocycles. The molecule has 1 aromatic rings. The number of sulfone groups is 1. The number of hydrogen-bond donors (Lipinski definition) is 0. The minimum atomic E-state index is -3.31. The van der Waals surface area contributed by atoms with E-state index < -0.39 is 20.9 Å². The third kappa shape index (κ3) is 2.33. The van der Waals surface area contributed by atoms with Gasteiger partial charge in [0.05, 0.1) is 23.4 Å². The lowest BCUT2D eigenvalue weighted by atomic mass is 10.0. The minimum absolute atomic E-state index is 0.369. The van der Waals surface area contributed by atoms with E-state index in [0.29, 0.717) is 31.0 Å². The zero-order valence-electron chi connectivity index (χ0n) is 10.5. The molecule has 2 aliphatic rings. The molecular weight excluding hydrogens is 264 g/mol. The van der Waals surface area contributed by atoms with Crippen LogP contribution >= 0.6 is 0 Å². The van der Waals surface area contributed by atoms with Gasteiger partial charge < -0.3 is 9.47 Å². The number of rotatable bonds is 2. The van der Waals surface area contributed by atoms with Crippen LogP contribution in [0.25, 0.3) is 0 Å². The van der Waals surface area contributed by atoms with Crippen molar-refractivity contribution in [3.63, 3.8) is 0 Å². The molecule has 102 valence electrons. The van der Waals surface area contributed by atoms with E-state index in [4.69, 9.17) is 9.47 Å². The van der Waals surface area contributed by atoms with Gasteiger partial charge in [-0.2, -0.15) is 0 Å². The van der Waals surface area contributed by atoms with E-state index in [0.717, 1.165) is 0 Å². The molecule has 1 heterocycles. The molecular formula is C14H16O4S. The lowest BCUT2D eigenvalue weighted by molar-refractivity contribution is -0.124. The number of ether oxygens (including phenoxy) is 2. The van der Waals surface area contributed by atoms with Gasteiger partial charge in [-0.15, -0.1) is 0 Å². The van der Waals surface area contributed by atoms with Crippen molar-refractivity contribution < 1.29 is 17.9 Å². The monoisotopic (exact) mass is 280 g/mol.